The Morgan fingerprint density at radius 1 is 1.33 bits per heavy atom. The molecule has 0 bridgehead atoms. The average molecular weight is 225 g/mol. The topological polar surface area (TPSA) is 76.7 Å². The van der Waals surface area contributed by atoms with Crippen LogP contribution in [0.1, 0.15) is 18.5 Å². The third kappa shape index (κ3) is 2.18. The fraction of sp³-hybridized carbons (Fsp3) is 0.500. The number of rotatable bonds is 4. The first-order valence-electron chi connectivity index (χ1n) is 4.63. The molecule has 0 aliphatic carbocycles. The Kier molecular flexibility index (Phi) is 3.02. The molecule has 0 spiro atoms. The molecule has 2 heterocycles. The summed E-state index contributed by atoms with van der Waals surface area (Å²) >= 11 is 1.26. The van der Waals surface area contributed by atoms with Gasteiger partial charge in [0.1, 0.15) is 4.88 Å². The molecule has 0 aliphatic heterocycles. The molecule has 2 aromatic heterocycles. The summed E-state index contributed by atoms with van der Waals surface area (Å²) in [7, 11) is 0. The van der Waals surface area contributed by atoms with Crippen molar-refractivity contribution in [2.45, 2.75) is 20.4 Å². The van der Waals surface area contributed by atoms with Gasteiger partial charge in [0.25, 0.3) is 5.89 Å². The van der Waals surface area contributed by atoms with E-state index < -0.39 is 0 Å². The lowest BCUT2D eigenvalue weighted by Gasteiger charge is -1.93. The SMILES string of the molecule is CCNCc1nnc(-c2snnc2C)o1. The summed E-state index contributed by atoms with van der Waals surface area (Å²) < 4.78 is 9.27. The van der Waals surface area contributed by atoms with Gasteiger partial charge >= 0.3 is 0 Å². The number of nitrogens with one attached hydrogen (secondary N) is 1. The maximum Gasteiger partial charge on any atom is 0.261 e. The van der Waals surface area contributed by atoms with Gasteiger partial charge in [-0.3, -0.25) is 0 Å². The van der Waals surface area contributed by atoms with Gasteiger partial charge in [0, 0.05) is 0 Å². The molecule has 7 heteroatoms. The largest absolute Gasteiger partial charge is 0.418 e. The normalized spacial score (nSPS) is 10.8. The van der Waals surface area contributed by atoms with Gasteiger partial charge < -0.3 is 9.73 Å². The monoisotopic (exact) mass is 225 g/mol. The molecule has 80 valence electrons. The highest BCUT2D eigenvalue weighted by Crippen LogP contribution is 2.23. The zero-order valence-electron chi connectivity index (χ0n) is 8.52. The minimum Gasteiger partial charge on any atom is -0.418 e. The van der Waals surface area contributed by atoms with Crippen LogP contribution in [0.2, 0.25) is 0 Å². The highest BCUT2D eigenvalue weighted by Gasteiger charge is 2.13. The Bertz CT molecular complexity index is 438. The van der Waals surface area contributed by atoms with Crippen molar-refractivity contribution in [3.63, 3.8) is 0 Å². The van der Waals surface area contributed by atoms with Gasteiger partial charge in [-0.05, 0) is 25.0 Å². The molecule has 0 unspecified atom stereocenters. The quantitative estimate of drug-likeness (QED) is 0.836. The van der Waals surface area contributed by atoms with Gasteiger partial charge in [0.15, 0.2) is 0 Å². The van der Waals surface area contributed by atoms with Crippen molar-refractivity contribution in [2.24, 2.45) is 0 Å². The van der Waals surface area contributed by atoms with Crippen LogP contribution in [-0.4, -0.2) is 26.3 Å². The van der Waals surface area contributed by atoms with Crippen molar-refractivity contribution in [1.29, 1.82) is 0 Å². The summed E-state index contributed by atoms with van der Waals surface area (Å²) in [6.07, 6.45) is 0. The molecular formula is C8H11N5OS. The first kappa shape index (κ1) is 10.2. The number of hydrogen-bond donors (Lipinski definition) is 1. The molecule has 0 aliphatic rings. The number of hydrogen-bond acceptors (Lipinski definition) is 7. The lowest BCUT2D eigenvalue weighted by molar-refractivity contribution is 0.482. The minimum absolute atomic E-state index is 0.496. The zero-order chi connectivity index (χ0) is 10.7. The van der Waals surface area contributed by atoms with Gasteiger partial charge in [-0.25, -0.2) is 0 Å². The molecule has 1 N–H and O–H groups in total. The standard InChI is InChI=1S/C8H11N5OS/c1-3-9-4-6-11-12-8(14-6)7-5(2)10-13-15-7/h9H,3-4H2,1-2H3. The van der Waals surface area contributed by atoms with Crippen LogP contribution >= 0.6 is 11.5 Å². The number of nitrogens with zero attached hydrogens (tertiary/aromatic N) is 4. The number of aryl methyl sites for hydroxylation is 1. The summed E-state index contributed by atoms with van der Waals surface area (Å²) in [4.78, 5) is 0.838. The van der Waals surface area contributed by atoms with E-state index in [0.29, 0.717) is 18.3 Å². The molecule has 2 aromatic rings. The van der Waals surface area contributed by atoms with Crippen molar-refractivity contribution in [3.8, 4) is 10.8 Å². The van der Waals surface area contributed by atoms with E-state index in [1.54, 1.807) is 0 Å². The summed E-state index contributed by atoms with van der Waals surface area (Å²) in [6, 6.07) is 0. The Balaban J connectivity index is 2.17. The van der Waals surface area contributed by atoms with Crippen LogP contribution in [0.4, 0.5) is 0 Å². The van der Waals surface area contributed by atoms with Gasteiger partial charge in [-0.15, -0.1) is 15.3 Å². The predicted octanol–water partition coefficient (Wildman–Crippen LogP) is 1.01. The van der Waals surface area contributed by atoms with Gasteiger partial charge in [-0.2, -0.15) is 0 Å². The maximum atomic E-state index is 5.46. The van der Waals surface area contributed by atoms with Crippen molar-refractivity contribution in [2.75, 3.05) is 6.54 Å². The van der Waals surface area contributed by atoms with E-state index in [0.717, 1.165) is 17.1 Å². The van der Waals surface area contributed by atoms with E-state index in [-0.39, 0.29) is 0 Å². The van der Waals surface area contributed by atoms with Crippen LogP contribution in [0.5, 0.6) is 0 Å². The van der Waals surface area contributed by atoms with E-state index in [1.807, 2.05) is 13.8 Å². The van der Waals surface area contributed by atoms with Crippen molar-refractivity contribution < 1.29 is 4.42 Å². The predicted molar refractivity (Wildman–Crippen MR) is 55.3 cm³/mol. The van der Waals surface area contributed by atoms with E-state index >= 15 is 0 Å². The third-order valence-electron chi connectivity index (χ3n) is 1.84. The van der Waals surface area contributed by atoms with Crippen LogP contribution < -0.4 is 5.32 Å². The summed E-state index contributed by atoms with van der Waals surface area (Å²) in [5.74, 6) is 1.08. The van der Waals surface area contributed by atoms with Crippen LogP contribution in [0.25, 0.3) is 10.8 Å². The van der Waals surface area contributed by atoms with Gasteiger partial charge in [0.05, 0.1) is 12.2 Å². The fourth-order valence-electron chi connectivity index (χ4n) is 1.08. The first-order chi connectivity index (χ1) is 7.31. The van der Waals surface area contributed by atoms with Crippen LogP contribution in [0.3, 0.4) is 0 Å². The lowest BCUT2D eigenvalue weighted by Crippen LogP contribution is -2.11. The van der Waals surface area contributed by atoms with Crippen molar-refractivity contribution in [1.82, 2.24) is 25.1 Å². The third-order valence-corrected chi connectivity index (χ3v) is 2.65. The molecule has 0 aromatic carbocycles. The van der Waals surface area contributed by atoms with Gasteiger partial charge in [-0.1, -0.05) is 11.4 Å². The first-order valence-corrected chi connectivity index (χ1v) is 5.41. The lowest BCUT2D eigenvalue weighted by atomic mass is 10.4. The van der Waals surface area contributed by atoms with E-state index in [4.69, 9.17) is 4.42 Å². The Labute approximate surface area is 90.9 Å². The highest BCUT2D eigenvalue weighted by atomic mass is 32.1. The van der Waals surface area contributed by atoms with Crippen LogP contribution in [0.15, 0.2) is 4.42 Å². The molecule has 15 heavy (non-hydrogen) atoms. The molecule has 0 radical (unpaired) electrons. The van der Waals surface area contributed by atoms with E-state index in [1.165, 1.54) is 11.5 Å². The molecular weight excluding hydrogens is 214 g/mol. The summed E-state index contributed by atoms with van der Waals surface area (Å²) in [5.41, 5.74) is 0.818. The molecule has 0 atom stereocenters. The maximum absolute atomic E-state index is 5.46. The molecule has 0 amide bonds. The van der Waals surface area contributed by atoms with Crippen LogP contribution in [-0.2, 0) is 6.54 Å². The number of aromatic nitrogens is 4. The Morgan fingerprint density at radius 2 is 2.20 bits per heavy atom. The molecule has 0 saturated carbocycles. The average Bonchev–Trinajstić information content (AvgIpc) is 2.83. The second kappa shape index (κ2) is 4.45. The second-order valence-corrected chi connectivity index (χ2v) is 3.72. The molecule has 6 nitrogen and oxygen atoms in total. The summed E-state index contributed by atoms with van der Waals surface area (Å²) in [5, 5.41) is 14.9. The van der Waals surface area contributed by atoms with E-state index in [2.05, 4.69) is 25.1 Å². The van der Waals surface area contributed by atoms with Crippen molar-refractivity contribution >= 4 is 11.5 Å². The fourth-order valence-corrected chi connectivity index (χ4v) is 1.65. The summed E-state index contributed by atoms with van der Waals surface area (Å²) in [6.45, 7) is 5.36. The Morgan fingerprint density at radius 3 is 2.87 bits per heavy atom. The second-order valence-electron chi connectivity index (χ2n) is 2.97. The highest BCUT2D eigenvalue weighted by molar-refractivity contribution is 7.09. The van der Waals surface area contributed by atoms with Gasteiger partial charge in [0.2, 0.25) is 5.89 Å². The Hall–Kier alpha value is -1.34. The minimum atomic E-state index is 0.496. The smallest absolute Gasteiger partial charge is 0.261 e. The zero-order valence-corrected chi connectivity index (χ0v) is 9.34. The van der Waals surface area contributed by atoms with Crippen LogP contribution in [0, 0.1) is 6.92 Å². The van der Waals surface area contributed by atoms with E-state index in [9.17, 15) is 0 Å². The molecule has 0 saturated heterocycles. The van der Waals surface area contributed by atoms with Crippen molar-refractivity contribution in [3.05, 3.63) is 11.6 Å². The molecule has 2 rings (SSSR count). The molecule has 0 fully saturated rings.